The molecule has 0 amide bonds. The summed E-state index contributed by atoms with van der Waals surface area (Å²) in [4.78, 5) is 0. The van der Waals surface area contributed by atoms with Crippen molar-refractivity contribution in [1.29, 1.82) is 5.26 Å². The van der Waals surface area contributed by atoms with Crippen LogP contribution in [0, 0.1) is 45.9 Å². The van der Waals surface area contributed by atoms with Crippen molar-refractivity contribution in [3.05, 3.63) is 142 Å². The van der Waals surface area contributed by atoms with E-state index < -0.39 is 11.7 Å². The van der Waals surface area contributed by atoms with E-state index in [1.807, 2.05) is 39.8 Å². The minimum atomic E-state index is -4.51. The molecule has 0 N–H and O–H groups in total. The maximum atomic E-state index is 14.2. The van der Waals surface area contributed by atoms with E-state index in [1.165, 1.54) is 12.1 Å². The minimum Gasteiger partial charge on any atom is -0.308 e. The van der Waals surface area contributed by atoms with Gasteiger partial charge in [0, 0.05) is 21.5 Å². The van der Waals surface area contributed by atoms with Crippen molar-refractivity contribution in [2.75, 3.05) is 0 Å². The summed E-state index contributed by atoms with van der Waals surface area (Å²) in [5, 5.41) is 15.3. The van der Waals surface area contributed by atoms with Crippen LogP contribution in [0.2, 0.25) is 0 Å². The lowest BCUT2D eigenvalue weighted by atomic mass is 9.96. The third-order valence-electron chi connectivity index (χ3n) is 9.59. The predicted molar refractivity (Wildman–Crippen MR) is 194 cm³/mol. The maximum Gasteiger partial charge on any atom is 0.416 e. The Bertz CT molecular complexity index is 2450. The molecule has 49 heavy (non-hydrogen) atoms. The quantitative estimate of drug-likeness (QED) is 0.188. The topological polar surface area (TPSA) is 33.6 Å². The highest BCUT2D eigenvalue weighted by Crippen LogP contribution is 2.42. The van der Waals surface area contributed by atoms with E-state index in [2.05, 4.69) is 88.0 Å². The molecular formula is C43H32F3N3. The number of hydrogen-bond acceptors (Lipinski definition) is 1. The smallest absolute Gasteiger partial charge is 0.308 e. The Labute approximate surface area is 282 Å². The zero-order valence-corrected chi connectivity index (χ0v) is 27.8. The Morgan fingerprint density at radius 2 is 0.837 bits per heavy atom. The molecular weight excluding hydrogens is 615 g/mol. The van der Waals surface area contributed by atoms with Crippen LogP contribution >= 0.6 is 0 Å². The highest BCUT2D eigenvalue weighted by Gasteiger charge is 2.31. The summed E-state index contributed by atoms with van der Waals surface area (Å²) in [5.74, 6) is 0. The molecule has 0 fully saturated rings. The van der Waals surface area contributed by atoms with E-state index in [0.717, 1.165) is 65.9 Å². The number of halogens is 3. The first-order chi connectivity index (χ1) is 23.4. The molecule has 0 bridgehead atoms. The van der Waals surface area contributed by atoms with Gasteiger partial charge in [-0.05, 0) is 122 Å². The lowest BCUT2D eigenvalue weighted by Crippen LogP contribution is -2.07. The van der Waals surface area contributed by atoms with Gasteiger partial charge in [0.1, 0.15) is 11.6 Å². The summed E-state index contributed by atoms with van der Waals surface area (Å²) >= 11 is 0. The first kappa shape index (κ1) is 30.5. The fraction of sp³-hybridized carbons (Fsp3) is 0.140. The van der Waals surface area contributed by atoms with Gasteiger partial charge in [0.2, 0.25) is 0 Å². The lowest BCUT2D eigenvalue weighted by Gasteiger charge is -2.19. The van der Waals surface area contributed by atoms with Gasteiger partial charge in [-0.1, -0.05) is 54.6 Å². The SMILES string of the molecule is Cc1cc(-c2cc(-n3c4cc(C)ccc4c4ccc(C)cc43)c(C#N)c(-n3c4cc(C)ccc4c4ccc(C)cc43)c2)cc(C(F)(F)F)c1. The number of aromatic nitrogens is 2. The molecule has 0 radical (unpaired) electrons. The van der Waals surface area contributed by atoms with Crippen LogP contribution in [-0.2, 0) is 6.18 Å². The molecule has 240 valence electrons. The van der Waals surface area contributed by atoms with Gasteiger partial charge >= 0.3 is 6.18 Å². The van der Waals surface area contributed by atoms with Gasteiger partial charge in [-0.15, -0.1) is 0 Å². The largest absolute Gasteiger partial charge is 0.416 e. The van der Waals surface area contributed by atoms with Crippen LogP contribution in [-0.4, -0.2) is 9.13 Å². The molecule has 0 aliphatic rings. The van der Waals surface area contributed by atoms with Crippen LogP contribution in [0.15, 0.2) is 103 Å². The van der Waals surface area contributed by atoms with Crippen LogP contribution in [0.4, 0.5) is 13.2 Å². The van der Waals surface area contributed by atoms with Crippen molar-refractivity contribution in [2.45, 2.75) is 40.8 Å². The maximum absolute atomic E-state index is 14.2. The molecule has 6 aromatic carbocycles. The van der Waals surface area contributed by atoms with Crippen LogP contribution in [0.5, 0.6) is 0 Å². The number of benzene rings is 6. The third kappa shape index (κ3) is 4.88. The van der Waals surface area contributed by atoms with Gasteiger partial charge in [-0.3, -0.25) is 0 Å². The molecule has 0 spiro atoms. The average Bonchev–Trinajstić information content (AvgIpc) is 3.53. The molecule has 0 aliphatic heterocycles. The van der Waals surface area contributed by atoms with Crippen LogP contribution in [0.3, 0.4) is 0 Å². The zero-order chi connectivity index (χ0) is 34.4. The van der Waals surface area contributed by atoms with E-state index >= 15 is 0 Å². The van der Waals surface area contributed by atoms with E-state index in [1.54, 1.807) is 13.0 Å². The normalized spacial score (nSPS) is 12.1. The second-order valence-corrected chi connectivity index (χ2v) is 13.3. The van der Waals surface area contributed by atoms with Crippen LogP contribution < -0.4 is 0 Å². The number of fused-ring (bicyclic) bond motifs is 6. The van der Waals surface area contributed by atoms with Gasteiger partial charge in [0.25, 0.3) is 0 Å². The second-order valence-electron chi connectivity index (χ2n) is 13.3. The van der Waals surface area contributed by atoms with Crippen molar-refractivity contribution < 1.29 is 13.2 Å². The summed E-state index contributed by atoms with van der Waals surface area (Å²) in [6.45, 7) is 9.82. The second kappa shape index (κ2) is 10.9. The van der Waals surface area contributed by atoms with Crippen molar-refractivity contribution in [1.82, 2.24) is 9.13 Å². The first-order valence-electron chi connectivity index (χ1n) is 16.2. The molecule has 6 heteroatoms. The molecule has 2 heterocycles. The summed E-state index contributed by atoms with van der Waals surface area (Å²) in [5.41, 5.74) is 10.4. The monoisotopic (exact) mass is 647 g/mol. The fourth-order valence-corrected chi connectivity index (χ4v) is 7.36. The number of aryl methyl sites for hydroxylation is 5. The number of hydrogen-bond donors (Lipinski definition) is 0. The molecule has 3 nitrogen and oxygen atoms in total. The Morgan fingerprint density at radius 1 is 0.469 bits per heavy atom. The third-order valence-corrected chi connectivity index (χ3v) is 9.59. The molecule has 0 saturated carbocycles. The van der Waals surface area contributed by atoms with Gasteiger partial charge in [-0.25, -0.2) is 0 Å². The summed E-state index contributed by atoms with van der Waals surface area (Å²) in [7, 11) is 0. The molecule has 0 aliphatic carbocycles. The van der Waals surface area contributed by atoms with Gasteiger partial charge in [0.15, 0.2) is 0 Å². The van der Waals surface area contributed by atoms with Crippen molar-refractivity contribution in [3.8, 4) is 28.6 Å². The predicted octanol–water partition coefficient (Wildman–Crippen LogP) is 12.0. The molecule has 0 atom stereocenters. The highest BCUT2D eigenvalue weighted by molar-refractivity contribution is 6.11. The van der Waals surface area contributed by atoms with Crippen molar-refractivity contribution in [3.63, 3.8) is 0 Å². The average molecular weight is 648 g/mol. The molecule has 8 aromatic rings. The van der Waals surface area contributed by atoms with Crippen molar-refractivity contribution in [2.24, 2.45) is 0 Å². The first-order valence-corrected chi connectivity index (χ1v) is 16.2. The summed E-state index contributed by atoms with van der Waals surface area (Å²) < 4.78 is 46.8. The molecule has 0 saturated heterocycles. The van der Waals surface area contributed by atoms with E-state index in [0.29, 0.717) is 33.6 Å². The minimum absolute atomic E-state index is 0.427. The van der Waals surface area contributed by atoms with Crippen molar-refractivity contribution >= 4 is 43.6 Å². The summed E-state index contributed by atoms with van der Waals surface area (Å²) in [6, 6.07) is 35.6. The number of nitrogens with zero attached hydrogens (tertiary/aromatic N) is 3. The van der Waals surface area contributed by atoms with Crippen LogP contribution in [0.25, 0.3) is 66.1 Å². The summed E-state index contributed by atoms with van der Waals surface area (Å²) in [6.07, 6.45) is -4.51. The molecule has 8 rings (SSSR count). The number of nitriles is 1. The standard InChI is InChI=1S/C43H32F3N3/c1-24-6-10-32-33-11-7-25(2)17-38(33)48(37(32)16-24)41-21-30(29-14-28(5)15-31(20-29)43(44,45)46)22-42(36(41)23-47)49-39-18-26(3)8-12-34(39)35-13-9-27(4)19-40(35)49/h6-22H,1-5H3. The Balaban J connectivity index is 1.59. The Morgan fingerprint density at radius 3 is 1.18 bits per heavy atom. The van der Waals surface area contributed by atoms with Gasteiger partial charge < -0.3 is 9.13 Å². The number of rotatable bonds is 3. The van der Waals surface area contributed by atoms with E-state index in [9.17, 15) is 18.4 Å². The molecule has 2 aromatic heterocycles. The van der Waals surface area contributed by atoms with E-state index in [-0.39, 0.29) is 0 Å². The Hall–Kier alpha value is -5.80. The Kier molecular flexibility index (Phi) is 6.77. The van der Waals surface area contributed by atoms with Gasteiger partial charge in [0.05, 0.1) is 39.0 Å². The lowest BCUT2D eigenvalue weighted by molar-refractivity contribution is -0.137. The van der Waals surface area contributed by atoms with Crippen LogP contribution in [0.1, 0.15) is 38.9 Å². The van der Waals surface area contributed by atoms with E-state index in [4.69, 9.17) is 0 Å². The highest BCUT2D eigenvalue weighted by atomic mass is 19.4. The molecule has 0 unspecified atom stereocenters. The number of alkyl halides is 3. The van der Waals surface area contributed by atoms with Gasteiger partial charge in [-0.2, -0.15) is 18.4 Å². The zero-order valence-electron chi connectivity index (χ0n) is 27.8. The fourth-order valence-electron chi connectivity index (χ4n) is 7.36.